The molecule has 2 aromatic carbocycles. The van der Waals surface area contributed by atoms with Gasteiger partial charge < -0.3 is 5.32 Å². The van der Waals surface area contributed by atoms with Crippen molar-refractivity contribution in [2.45, 2.75) is 6.54 Å². The van der Waals surface area contributed by atoms with Crippen molar-refractivity contribution in [1.82, 2.24) is 0 Å². The number of hydrogen-bond acceptors (Lipinski definition) is 3. The van der Waals surface area contributed by atoms with Crippen molar-refractivity contribution in [3.63, 3.8) is 0 Å². The smallest absolute Gasteiger partial charge is 0.283 e. The second kappa shape index (κ2) is 6.56. The molecule has 0 unspecified atom stereocenters. The van der Waals surface area contributed by atoms with Gasteiger partial charge in [-0.15, -0.1) is 0 Å². The van der Waals surface area contributed by atoms with Crippen molar-refractivity contribution in [2.75, 3.05) is 5.32 Å². The van der Waals surface area contributed by atoms with Gasteiger partial charge in [-0.25, -0.2) is 0 Å². The quantitative estimate of drug-likeness (QED) is 0.533. The Labute approximate surface area is 137 Å². The minimum Gasteiger partial charge on any atom is -0.381 e. The van der Waals surface area contributed by atoms with E-state index in [0.29, 0.717) is 16.0 Å². The number of hydrogen-bond donors (Lipinski definition) is 1. The highest BCUT2D eigenvalue weighted by atomic mass is 79.9. The summed E-state index contributed by atoms with van der Waals surface area (Å²) in [4.78, 5) is 10.5. The molecule has 0 fully saturated rings. The molecule has 0 spiro atoms. The summed E-state index contributed by atoms with van der Waals surface area (Å²) in [5.41, 5.74) is 1.74. The zero-order chi connectivity index (χ0) is 14.7. The number of nitro benzene ring substituents is 1. The summed E-state index contributed by atoms with van der Waals surface area (Å²) >= 11 is 12.5. The molecule has 0 heterocycles. The molecule has 4 nitrogen and oxygen atoms in total. The number of anilines is 1. The van der Waals surface area contributed by atoms with Crippen LogP contribution in [0.25, 0.3) is 0 Å². The molecule has 0 saturated carbocycles. The van der Waals surface area contributed by atoms with Crippen molar-refractivity contribution in [1.29, 1.82) is 0 Å². The van der Waals surface area contributed by atoms with Crippen LogP contribution in [0.15, 0.2) is 45.3 Å². The summed E-state index contributed by atoms with van der Waals surface area (Å²) < 4.78 is 1.29. The van der Waals surface area contributed by atoms with E-state index in [-0.39, 0.29) is 5.69 Å². The molecule has 0 amide bonds. The molecule has 1 N–H and O–H groups in total. The highest BCUT2D eigenvalue weighted by Gasteiger charge is 2.14. The maximum atomic E-state index is 10.9. The number of rotatable bonds is 4. The van der Waals surface area contributed by atoms with Gasteiger partial charge in [-0.2, -0.15) is 0 Å². The van der Waals surface area contributed by atoms with Gasteiger partial charge in [-0.1, -0.05) is 23.7 Å². The fourth-order valence-electron chi connectivity index (χ4n) is 1.65. The molecule has 20 heavy (non-hydrogen) atoms. The molecule has 0 radical (unpaired) electrons. The second-order valence-electron chi connectivity index (χ2n) is 3.99. The molecule has 0 aliphatic heterocycles. The molecular formula is C13H9Br2ClN2O2. The first-order valence-corrected chi connectivity index (χ1v) is 7.56. The van der Waals surface area contributed by atoms with E-state index in [1.165, 1.54) is 6.07 Å². The van der Waals surface area contributed by atoms with Gasteiger partial charge in [-0.3, -0.25) is 10.1 Å². The Kier molecular flexibility index (Phi) is 5.01. The van der Waals surface area contributed by atoms with Crippen LogP contribution < -0.4 is 5.32 Å². The molecule has 0 atom stereocenters. The summed E-state index contributed by atoms with van der Waals surface area (Å²) in [7, 11) is 0. The van der Waals surface area contributed by atoms with Crippen molar-refractivity contribution in [2.24, 2.45) is 0 Å². The van der Waals surface area contributed by atoms with Crippen LogP contribution >= 0.6 is 43.5 Å². The molecule has 0 aromatic heterocycles. The Morgan fingerprint density at radius 2 is 2.00 bits per heavy atom. The fourth-order valence-corrected chi connectivity index (χ4v) is 2.69. The average Bonchev–Trinajstić information content (AvgIpc) is 2.41. The normalized spacial score (nSPS) is 10.3. The van der Waals surface area contributed by atoms with Gasteiger partial charge in [0.15, 0.2) is 0 Å². The van der Waals surface area contributed by atoms with E-state index in [1.54, 1.807) is 12.1 Å². The van der Waals surface area contributed by atoms with E-state index in [1.807, 2.05) is 18.2 Å². The zero-order valence-corrected chi connectivity index (χ0v) is 14.0. The third kappa shape index (κ3) is 3.50. The standard InChI is InChI=1S/C13H9Br2ClN2O2/c14-10-6-9(4-5-11(10)16)17-7-8-2-1-3-12(13(8)15)18(19)20/h1-6,17H,7H2. The number of nitrogens with one attached hydrogen (secondary N) is 1. The topological polar surface area (TPSA) is 55.2 Å². The van der Waals surface area contributed by atoms with Crippen molar-refractivity contribution < 1.29 is 4.92 Å². The van der Waals surface area contributed by atoms with Crippen LogP contribution in [0.4, 0.5) is 11.4 Å². The lowest BCUT2D eigenvalue weighted by Gasteiger charge is -2.09. The number of halogens is 3. The van der Waals surface area contributed by atoms with Gasteiger partial charge in [0.2, 0.25) is 0 Å². The largest absolute Gasteiger partial charge is 0.381 e. The predicted octanol–water partition coefficient (Wildman–Crippen LogP) is 5.39. The van der Waals surface area contributed by atoms with Gasteiger partial charge in [0.1, 0.15) is 4.47 Å². The Balaban J connectivity index is 2.17. The van der Waals surface area contributed by atoms with Gasteiger partial charge in [0.25, 0.3) is 5.69 Å². The summed E-state index contributed by atoms with van der Waals surface area (Å²) in [6, 6.07) is 10.4. The molecular weight excluding hydrogens is 411 g/mol. The lowest BCUT2D eigenvalue weighted by atomic mass is 10.2. The lowest BCUT2D eigenvalue weighted by molar-refractivity contribution is -0.385. The SMILES string of the molecule is O=[N+]([O-])c1cccc(CNc2ccc(Cl)c(Br)c2)c1Br. The average molecular weight is 420 g/mol. The van der Waals surface area contributed by atoms with E-state index in [9.17, 15) is 10.1 Å². The maximum absolute atomic E-state index is 10.9. The first kappa shape index (κ1) is 15.3. The summed E-state index contributed by atoms with van der Waals surface area (Å²) in [5.74, 6) is 0. The molecule has 0 bridgehead atoms. The van der Waals surface area contributed by atoms with Crippen LogP contribution in [0.5, 0.6) is 0 Å². The fraction of sp³-hybridized carbons (Fsp3) is 0.0769. The zero-order valence-electron chi connectivity index (χ0n) is 10.1. The molecule has 0 aliphatic rings. The van der Waals surface area contributed by atoms with Gasteiger partial charge in [-0.05, 0) is 55.6 Å². The van der Waals surface area contributed by atoms with Gasteiger partial charge in [0, 0.05) is 22.8 Å². The molecule has 0 aliphatic carbocycles. The van der Waals surface area contributed by atoms with Crippen LogP contribution in [0, 0.1) is 10.1 Å². The van der Waals surface area contributed by atoms with E-state index in [0.717, 1.165) is 15.7 Å². The molecule has 2 aromatic rings. The third-order valence-corrected chi connectivity index (χ3v) is 4.79. The Morgan fingerprint density at radius 3 is 2.65 bits per heavy atom. The summed E-state index contributed by atoms with van der Waals surface area (Å²) in [6.07, 6.45) is 0. The Hall–Kier alpha value is -1.11. The number of nitro groups is 1. The number of nitrogens with zero attached hydrogens (tertiary/aromatic N) is 1. The van der Waals surface area contributed by atoms with Crippen LogP contribution in [-0.2, 0) is 6.54 Å². The van der Waals surface area contributed by atoms with E-state index in [2.05, 4.69) is 37.2 Å². The van der Waals surface area contributed by atoms with Crippen LogP contribution in [-0.4, -0.2) is 4.92 Å². The second-order valence-corrected chi connectivity index (χ2v) is 6.04. The van der Waals surface area contributed by atoms with E-state index in [4.69, 9.17) is 11.6 Å². The minimum atomic E-state index is -0.410. The van der Waals surface area contributed by atoms with Crippen molar-refractivity contribution >= 4 is 54.8 Å². The van der Waals surface area contributed by atoms with Crippen LogP contribution in [0.1, 0.15) is 5.56 Å². The molecule has 2 rings (SSSR count). The van der Waals surface area contributed by atoms with Crippen molar-refractivity contribution in [3.8, 4) is 0 Å². The van der Waals surface area contributed by atoms with Crippen LogP contribution in [0.2, 0.25) is 5.02 Å². The maximum Gasteiger partial charge on any atom is 0.283 e. The molecule has 104 valence electrons. The van der Waals surface area contributed by atoms with Crippen molar-refractivity contribution in [3.05, 3.63) is 66.0 Å². The highest BCUT2D eigenvalue weighted by Crippen LogP contribution is 2.30. The monoisotopic (exact) mass is 418 g/mol. The van der Waals surface area contributed by atoms with E-state index >= 15 is 0 Å². The Bertz CT molecular complexity index is 665. The van der Waals surface area contributed by atoms with Crippen LogP contribution in [0.3, 0.4) is 0 Å². The Morgan fingerprint density at radius 1 is 1.25 bits per heavy atom. The van der Waals surface area contributed by atoms with Gasteiger partial charge >= 0.3 is 0 Å². The minimum absolute atomic E-state index is 0.0570. The summed E-state index contributed by atoms with van der Waals surface area (Å²) in [5, 5.41) is 14.7. The molecule has 7 heteroatoms. The third-order valence-electron chi connectivity index (χ3n) is 2.66. The number of benzene rings is 2. The molecule has 0 saturated heterocycles. The summed E-state index contributed by atoms with van der Waals surface area (Å²) in [6.45, 7) is 0.469. The first-order chi connectivity index (χ1) is 9.49. The predicted molar refractivity (Wildman–Crippen MR) is 87.3 cm³/mol. The highest BCUT2D eigenvalue weighted by molar-refractivity contribution is 9.11. The first-order valence-electron chi connectivity index (χ1n) is 5.59. The van der Waals surface area contributed by atoms with Gasteiger partial charge in [0.05, 0.1) is 9.95 Å². The van der Waals surface area contributed by atoms with E-state index < -0.39 is 4.92 Å². The lowest BCUT2D eigenvalue weighted by Crippen LogP contribution is -2.01.